The molecule has 3 heterocycles. The molecule has 27 heavy (non-hydrogen) atoms. The molecule has 138 valence electrons. The molecule has 8 heteroatoms. The predicted octanol–water partition coefficient (Wildman–Crippen LogP) is 3.66. The van der Waals surface area contributed by atoms with Crippen LogP contribution in [0, 0.1) is 10.5 Å². The van der Waals surface area contributed by atoms with Gasteiger partial charge < -0.3 is 14.6 Å². The van der Waals surface area contributed by atoms with Crippen molar-refractivity contribution in [1.82, 2.24) is 24.1 Å². The molecule has 4 aromatic rings. The van der Waals surface area contributed by atoms with E-state index in [0.717, 1.165) is 43.4 Å². The maximum Gasteiger partial charge on any atom is 0.171 e. The highest BCUT2D eigenvalue weighted by atomic mass is 127. The van der Waals surface area contributed by atoms with Crippen molar-refractivity contribution in [2.45, 2.75) is 13.5 Å². The number of aromatic nitrogens is 5. The van der Waals surface area contributed by atoms with Crippen LogP contribution in [0.15, 0.2) is 42.9 Å². The van der Waals surface area contributed by atoms with E-state index >= 15 is 0 Å². The quantitative estimate of drug-likeness (QED) is 0.448. The van der Waals surface area contributed by atoms with E-state index in [2.05, 4.69) is 55.2 Å². The maximum atomic E-state index is 5.49. The van der Waals surface area contributed by atoms with Crippen LogP contribution < -0.4 is 10.1 Å². The lowest BCUT2D eigenvalue weighted by atomic mass is 10.2. The topological polar surface area (TPSA) is 69.3 Å². The number of benzene rings is 1. The van der Waals surface area contributed by atoms with Crippen molar-refractivity contribution in [3.63, 3.8) is 0 Å². The number of rotatable bonds is 5. The fourth-order valence-corrected chi connectivity index (χ4v) is 3.75. The van der Waals surface area contributed by atoms with Gasteiger partial charge in [-0.05, 0) is 53.8 Å². The van der Waals surface area contributed by atoms with Gasteiger partial charge in [0.15, 0.2) is 5.65 Å². The first-order valence-electron chi connectivity index (χ1n) is 8.47. The molecular formula is C19H19IN6O. The van der Waals surface area contributed by atoms with Crippen molar-refractivity contribution in [2.24, 2.45) is 7.05 Å². The molecule has 0 amide bonds. The number of anilines is 1. The zero-order valence-electron chi connectivity index (χ0n) is 15.3. The summed E-state index contributed by atoms with van der Waals surface area (Å²) in [6.07, 6.45) is 3.58. The standard InChI is InChI=1S/C19H19IN6O/c1-12-21-10-16(25(12)2)13-7-8-18(26-11-23-24-19(13)26)22-9-14-15(20)5-4-6-17(14)27-3/h4-8,10-11,22H,9H2,1-3H3. The lowest BCUT2D eigenvalue weighted by Gasteiger charge is -2.14. The molecule has 0 aliphatic heterocycles. The number of nitrogens with zero attached hydrogens (tertiary/aromatic N) is 5. The SMILES string of the molecule is COc1cccc(I)c1CNc1ccc(-c2cnc(C)n2C)c2nncn12. The molecule has 0 bridgehead atoms. The lowest BCUT2D eigenvalue weighted by molar-refractivity contribution is 0.410. The van der Waals surface area contributed by atoms with E-state index in [1.165, 1.54) is 0 Å². The summed E-state index contributed by atoms with van der Waals surface area (Å²) in [5.74, 6) is 2.74. The number of imidazole rings is 1. The van der Waals surface area contributed by atoms with Crippen molar-refractivity contribution in [2.75, 3.05) is 12.4 Å². The molecule has 0 aliphatic carbocycles. The van der Waals surface area contributed by atoms with Crippen molar-refractivity contribution in [3.8, 4) is 17.0 Å². The Morgan fingerprint density at radius 3 is 2.81 bits per heavy atom. The van der Waals surface area contributed by atoms with Gasteiger partial charge >= 0.3 is 0 Å². The third-order valence-corrected chi connectivity index (χ3v) is 5.71. The van der Waals surface area contributed by atoms with Crippen LogP contribution in [-0.2, 0) is 13.6 Å². The third kappa shape index (κ3) is 3.14. The zero-order valence-corrected chi connectivity index (χ0v) is 17.4. The number of pyridine rings is 1. The highest BCUT2D eigenvalue weighted by Gasteiger charge is 2.14. The number of hydrogen-bond donors (Lipinski definition) is 1. The van der Waals surface area contributed by atoms with Crippen LogP contribution in [0.5, 0.6) is 5.75 Å². The molecular weight excluding hydrogens is 455 g/mol. The predicted molar refractivity (Wildman–Crippen MR) is 113 cm³/mol. The van der Waals surface area contributed by atoms with Crippen molar-refractivity contribution in [3.05, 3.63) is 57.8 Å². The van der Waals surface area contributed by atoms with Crippen molar-refractivity contribution >= 4 is 34.1 Å². The molecule has 0 atom stereocenters. The summed E-state index contributed by atoms with van der Waals surface area (Å²) < 4.78 is 10.7. The first-order valence-corrected chi connectivity index (χ1v) is 9.54. The Hall–Kier alpha value is -2.62. The second kappa shape index (κ2) is 7.18. The van der Waals surface area contributed by atoms with E-state index in [4.69, 9.17) is 4.74 Å². The Labute approximate surface area is 170 Å². The van der Waals surface area contributed by atoms with Gasteiger partial charge in [-0.1, -0.05) is 6.07 Å². The maximum absolute atomic E-state index is 5.49. The average molecular weight is 474 g/mol. The summed E-state index contributed by atoms with van der Waals surface area (Å²) in [4.78, 5) is 4.39. The number of hydrogen-bond acceptors (Lipinski definition) is 5. The zero-order chi connectivity index (χ0) is 19.0. The summed E-state index contributed by atoms with van der Waals surface area (Å²) >= 11 is 2.33. The Kier molecular flexibility index (Phi) is 4.73. The molecule has 0 radical (unpaired) electrons. The number of ether oxygens (including phenoxy) is 1. The number of nitrogens with one attached hydrogen (secondary N) is 1. The van der Waals surface area contributed by atoms with E-state index in [1.807, 2.05) is 47.3 Å². The van der Waals surface area contributed by atoms with Crippen LogP contribution in [0.1, 0.15) is 11.4 Å². The summed E-state index contributed by atoms with van der Waals surface area (Å²) in [5, 5.41) is 11.9. The normalized spacial score (nSPS) is 11.1. The van der Waals surface area contributed by atoms with E-state index in [1.54, 1.807) is 13.4 Å². The Bertz CT molecular complexity index is 1120. The van der Waals surface area contributed by atoms with Crippen LogP contribution in [-0.4, -0.2) is 31.3 Å². The minimum atomic E-state index is 0.639. The minimum Gasteiger partial charge on any atom is -0.496 e. The summed E-state index contributed by atoms with van der Waals surface area (Å²) in [6.45, 7) is 2.62. The fourth-order valence-electron chi connectivity index (χ4n) is 3.09. The fraction of sp³-hybridized carbons (Fsp3) is 0.211. The Morgan fingerprint density at radius 2 is 2.07 bits per heavy atom. The minimum absolute atomic E-state index is 0.639. The molecule has 0 spiro atoms. The number of methoxy groups -OCH3 is 1. The van der Waals surface area contributed by atoms with Gasteiger partial charge in [0.2, 0.25) is 0 Å². The Morgan fingerprint density at radius 1 is 1.22 bits per heavy atom. The first-order chi connectivity index (χ1) is 13.1. The van der Waals surface area contributed by atoms with Crippen molar-refractivity contribution < 1.29 is 4.74 Å². The smallest absolute Gasteiger partial charge is 0.171 e. The van der Waals surface area contributed by atoms with Crippen molar-refractivity contribution in [1.29, 1.82) is 0 Å². The molecule has 0 aliphatic rings. The lowest BCUT2D eigenvalue weighted by Crippen LogP contribution is -2.07. The summed E-state index contributed by atoms with van der Waals surface area (Å²) in [7, 11) is 3.69. The van der Waals surface area contributed by atoms with Gasteiger partial charge in [-0.2, -0.15) is 0 Å². The molecule has 0 saturated carbocycles. The van der Waals surface area contributed by atoms with Gasteiger partial charge in [0, 0.05) is 28.3 Å². The van der Waals surface area contributed by atoms with Gasteiger partial charge in [0.05, 0.1) is 19.0 Å². The number of halogens is 1. The number of fused-ring (bicyclic) bond motifs is 1. The summed E-state index contributed by atoms with van der Waals surface area (Å²) in [5.41, 5.74) is 3.91. The molecule has 0 saturated heterocycles. The number of aryl methyl sites for hydroxylation is 1. The monoisotopic (exact) mass is 474 g/mol. The summed E-state index contributed by atoms with van der Waals surface area (Å²) in [6, 6.07) is 10.1. The molecule has 1 aromatic carbocycles. The van der Waals surface area contributed by atoms with Crippen LogP contribution in [0.25, 0.3) is 16.9 Å². The molecule has 4 rings (SSSR count). The molecule has 1 N–H and O–H groups in total. The average Bonchev–Trinajstić information content (AvgIpc) is 3.28. The second-order valence-electron chi connectivity index (χ2n) is 6.18. The van der Waals surface area contributed by atoms with Crippen LogP contribution in [0.2, 0.25) is 0 Å². The highest BCUT2D eigenvalue weighted by Crippen LogP contribution is 2.28. The molecule has 7 nitrogen and oxygen atoms in total. The molecule has 0 fully saturated rings. The van der Waals surface area contributed by atoms with E-state index < -0.39 is 0 Å². The molecule has 0 unspecified atom stereocenters. The van der Waals surface area contributed by atoms with Gasteiger partial charge in [0.1, 0.15) is 23.7 Å². The van der Waals surface area contributed by atoms with E-state index in [-0.39, 0.29) is 0 Å². The second-order valence-corrected chi connectivity index (χ2v) is 7.34. The van der Waals surface area contributed by atoms with Gasteiger partial charge in [-0.15, -0.1) is 10.2 Å². The largest absolute Gasteiger partial charge is 0.496 e. The van der Waals surface area contributed by atoms with Crippen LogP contribution in [0.3, 0.4) is 0 Å². The van der Waals surface area contributed by atoms with Gasteiger partial charge in [-0.25, -0.2) is 4.98 Å². The third-order valence-electron chi connectivity index (χ3n) is 4.69. The van der Waals surface area contributed by atoms with Crippen LogP contribution in [0.4, 0.5) is 5.82 Å². The molecule has 3 aromatic heterocycles. The van der Waals surface area contributed by atoms with Gasteiger partial charge in [-0.3, -0.25) is 4.40 Å². The first kappa shape index (κ1) is 17.8. The highest BCUT2D eigenvalue weighted by molar-refractivity contribution is 14.1. The van der Waals surface area contributed by atoms with E-state index in [9.17, 15) is 0 Å². The van der Waals surface area contributed by atoms with Gasteiger partial charge in [0.25, 0.3) is 0 Å². The Balaban J connectivity index is 1.70. The van der Waals surface area contributed by atoms with E-state index in [0.29, 0.717) is 6.54 Å². The van der Waals surface area contributed by atoms with Crippen LogP contribution >= 0.6 is 22.6 Å².